The van der Waals surface area contributed by atoms with Crippen molar-refractivity contribution in [2.75, 3.05) is 4.90 Å². The molecule has 11 aromatic rings. The summed E-state index contributed by atoms with van der Waals surface area (Å²) in [6.07, 6.45) is 0. The summed E-state index contributed by atoms with van der Waals surface area (Å²) in [5.41, 5.74) is 14.2. The number of rotatable bonds is 9. The van der Waals surface area contributed by atoms with Crippen LogP contribution >= 0.6 is 0 Å². The van der Waals surface area contributed by atoms with Crippen LogP contribution in [0.4, 0.5) is 17.1 Å². The van der Waals surface area contributed by atoms with Crippen molar-refractivity contribution in [3.8, 4) is 67.5 Å². The zero-order chi connectivity index (χ0) is 41.2. The van der Waals surface area contributed by atoms with E-state index in [4.69, 9.17) is 19.4 Å². The quantitative estimate of drug-likeness (QED) is 0.146. The molecule has 0 atom stereocenters. The number of benzene rings is 9. The molecule has 2 aromatic heterocycles. The smallest absolute Gasteiger partial charge is 0.164 e. The SMILES string of the molecule is c1ccc(-c2ccc(N(c3ccc(-c4ccccc4)cc3)c3ccc4c(c3)oc3cccc(-c5nc(-c6ccccc6)nc(-c6cccc(-c7ccccc7)c6)n5)c34)cc2)cc1. The van der Waals surface area contributed by atoms with Crippen LogP contribution in [0.2, 0.25) is 0 Å². The molecule has 0 saturated carbocycles. The van der Waals surface area contributed by atoms with Gasteiger partial charge in [-0.1, -0.05) is 176 Å². The van der Waals surface area contributed by atoms with Crippen LogP contribution in [-0.4, -0.2) is 15.0 Å². The maximum Gasteiger partial charge on any atom is 0.164 e. The molecule has 5 heteroatoms. The maximum absolute atomic E-state index is 6.73. The number of fused-ring (bicyclic) bond motifs is 3. The monoisotopic (exact) mass is 794 g/mol. The number of hydrogen-bond acceptors (Lipinski definition) is 5. The highest BCUT2D eigenvalue weighted by atomic mass is 16.3. The van der Waals surface area contributed by atoms with Gasteiger partial charge in [0.1, 0.15) is 11.2 Å². The molecular weight excluding hydrogens is 757 g/mol. The van der Waals surface area contributed by atoms with E-state index in [1.807, 2.05) is 60.7 Å². The summed E-state index contributed by atoms with van der Waals surface area (Å²) in [5, 5.41) is 1.93. The molecule has 62 heavy (non-hydrogen) atoms. The van der Waals surface area contributed by atoms with E-state index >= 15 is 0 Å². The van der Waals surface area contributed by atoms with Gasteiger partial charge in [-0.05, 0) is 81.9 Å². The van der Waals surface area contributed by atoms with Gasteiger partial charge >= 0.3 is 0 Å². The predicted octanol–water partition coefficient (Wildman–Crippen LogP) is 15.2. The highest BCUT2D eigenvalue weighted by Gasteiger charge is 2.20. The molecule has 2 heterocycles. The Morgan fingerprint density at radius 3 is 1.31 bits per heavy atom. The zero-order valence-electron chi connectivity index (χ0n) is 33.6. The summed E-state index contributed by atoms with van der Waals surface area (Å²) in [5.74, 6) is 1.79. The largest absolute Gasteiger partial charge is 0.456 e. The molecule has 0 aliphatic rings. The molecule has 0 aliphatic heterocycles. The van der Waals surface area contributed by atoms with Gasteiger partial charge in [0.25, 0.3) is 0 Å². The lowest BCUT2D eigenvalue weighted by atomic mass is 10.0. The number of nitrogens with zero attached hydrogens (tertiary/aromatic N) is 4. The Kier molecular flexibility index (Phi) is 9.45. The van der Waals surface area contributed by atoms with Gasteiger partial charge in [0.05, 0.1) is 0 Å². The second-order valence-electron chi connectivity index (χ2n) is 15.2. The Bertz CT molecular complexity index is 3230. The van der Waals surface area contributed by atoms with Crippen molar-refractivity contribution in [3.05, 3.63) is 231 Å². The van der Waals surface area contributed by atoms with Gasteiger partial charge in [-0.3, -0.25) is 0 Å². The Balaban J connectivity index is 1.03. The number of furan rings is 1. The van der Waals surface area contributed by atoms with Crippen LogP contribution in [0.25, 0.3) is 89.5 Å². The Morgan fingerprint density at radius 1 is 0.290 bits per heavy atom. The molecular formula is C57H38N4O. The van der Waals surface area contributed by atoms with Gasteiger partial charge in [0, 0.05) is 50.6 Å². The van der Waals surface area contributed by atoms with Crippen molar-refractivity contribution >= 4 is 39.0 Å². The normalized spacial score (nSPS) is 11.2. The van der Waals surface area contributed by atoms with Gasteiger partial charge in [0.2, 0.25) is 0 Å². The minimum atomic E-state index is 0.579. The molecule has 9 aromatic carbocycles. The van der Waals surface area contributed by atoms with Crippen molar-refractivity contribution in [2.24, 2.45) is 0 Å². The Hall–Kier alpha value is -8.41. The molecule has 0 saturated heterocycles. The first-order chi connectivity index (χ1) is 30.7. The van der Waals surface area contributed by atoms with Gasteiger partial charge in [-0.25, -0.2) is 15.0 Å². The van der Waals surface area contributed by atoms with Crippen LogP contribution in [0.3, 0.4) is 0 Å². The standard InChI is InChI=1S/C57H38N4O/c1-5-15-39(16-6-1)42-27-31-47(32-28-42)61(48-33-29-43(30-34-48)40-17-7-2-8-18-40)49-35-36-50-53(38-49)62-52-26-14-25-51(54(50)52)57-59-55(44-21-11-4-12-22-44)58-56(60-57)46-24-13-23-45(37-46)41-19-9-3-10-20-41/h1-38H. The van der Waals surface area contributed by atoms with Crippen LogP contribution < -0.4 is 4.90 Å². The third kappa shape index (κ3) is 7.08. The third-order valence-electron chi connectivity index (χ3n) is 11.3. The van der Waals surface area contributed by atoms with E-state index in [2.05, 4.69) is 175 Å². The van der Waals surface area contributed by atoms with Gasteiger partial charge in [-0.15, -0.1) is 0 Å². The van der Waals surface area contributed by atoms with Crippen LogP contribution in [0, 0.1) is 0 Å². The fourth-order valence-electron chi connectivity index (χ4n) is 8.26. The average Bonchev–Trinajstić information content (AvgIpc) is 3.74. The van der Waals surface area contributed by atoms with E-state index in [9.17, 15) is 0 Å². The molecule has 11 rings (SSSR count). The van der Waals surface area contributed by atoms with E-state index < -0.39 is 0 Å². The molecule has 0 unspecified atom stereocenters. The second-order valence-corrected chi connectivity index (χ2v) is 15.2. The topological polar surface area (TPSA) is 55.1 Å². The highest BCUT2D eigenvalue weighted by Crippen LogP contribution is 2.42. The second kappa shape index (κ2) is 16.0. The summed E-state index contributed by atoms with van der Waals surface area (Å²) in [6, 6.07) is 79.9. The number of anilines is 3. The van der Waals surface area contributed by atoms with E-state index in [1.165, 1.54) is 11.1 Å². The summed E-state index contributed by atoms with van der Waals surface area (Å²) < 4.78 is 6.73. The fourth-order valence-corrected chi connectivity index (χ4v) is 8.26. The van der Waals surface area contributed by atoms with Crippen LogP contribution in [0.1, 0.15) is 0 Å². The molecule has 0 bridgehead atoms. The van der Waals surface area contributed by atoms with Gasteiger partial charge in [0.15, 0.2) is 17.5 Å². The van der Waals surface area contributed by atoms with Crippen molar-refractivity contribution in [2.45, 2.75) is 0 Å². The molecule has 0 spiro atoms. The first-order valence-corrected chi connectivity index (χ1v) is 20.8. The molecule has 0 aliphatic carbocycles. The van der Waals surface area contributed by atoms with E-state index in [1.54, 1.807) is 0 Å². The van der Waals surface area contributed by atoms with Crippen molar-refractivity contribution in [1.29, 1.82) is 0 Å². The molecule has 0 radical (unpaired) electrons. The zero-order valence-corrected chi connectivity index (χ0v) is 33.6. The minimum absolute atomic E-state index is 0.579. The minimum Gasteiger partial charge on any atom is -0.456 e. The van der Waals surface area contributed by atoms with Crippen LogP contribution in [0.5, 0.6) is 0 Å². The average molecular weight is 795 g/mol. The fraction of sp³-hybridized carbons (Fsp3) is 0. The van der Waals surface area contributed by atoms with E-state index in [0.29, 0.717) is 17.5 Å². The predicted molar refractivity (Wildman–Crippen MR) is 254 cm³/mol. The highest BCUT2D eigenvalue weighted by molar-refractivity contribution is 6.12. The lowest BCUT2D eigenvalue weighted by Gasteiger charge is -2.26. The molecule has 0 fully saturated rings. The summed E-state index contributed by atoms with van der Waals surface area (Å²) in [4.78, 5) is 17.6. The van der Waals surface area contributed by atoms with E-state index in [0.717, 1.165) is 77.9 Å². The first-order valence-electron chi connectivity index (χ1n) is 20.8. The third-order valence-corrected chi connectivity index (χ3v) is 11.3. The lowest BCUT2D eigenvalue weighted by Crippen LogP contribution is -2.09. The van der Waals surface area contributed by atoms with Crippen LogP contribution in [0.15, 0.2) is 235 Å². The Labute approximate surface area is 359 Å². The Morgan fingerprint density at radius 2 is 0.726 bits per heavy atom. The molecule has 292 valence electrons. The van der Waals surface area contributed by atoms with Gasteiger partial charge < -0.3 is 9.32 Å². The van der Waals surface area contributed by atoms with Gasteiger partial charge in [-0.2, -0.15) is 0 Å². The van der Waals surface area contributed by atoms with Crippen molar-refractivity contribution in [1.82, 2.24) is 15.0 Å². The number of aromatic nitrogens is 3. The first kappa shape index (κ1) is 36.7. The lowest BCUT2D eigenvalue weighted by molar-refractivity contribution is 0.669. The van der Waals surface area contributed by atoms with Crippen molar-refractivity contribution < 1.29 is 4.42 Å². The molecule has 0 N–H and O–H groups in total. The molecule has 5 nitrogen and oxygen atoms in total. The summed E-state index contributed by atoms with van der Waals surface area (Å²) in [7, 11) is 0. The van der Waals surface area contributed by atoms with Crippen molar-refractivity contribution in [3.63, 3.8) is 0 Å². The van der Waals surface area contributed by atoms with E-state index in [-0.39, 0.29) is 0 Å². The summed E-state index contributed by atoms with van der Waals surface area (Å²) >= 11 is 0. The molecule has 0 amide bonds. The summed E-state index contributed by atoms with van der Waals surface area (Å²) in [6.45, 7) is 0. The number of hydrogen-bond donors (Lipinski definition) is 0. The maximum atomic E-state index is 6.73. The van der Waals surface area contributed by atoms with Crippen LogP contribution in [-0.2, 0) is 0 Å².